The fourth-order valence-electron chi connectivity index (χ4n) is 3.21. The van der Waals surface area contributed by atoms with Crippen molar-refractivity contribution in [2.45, 2.75) is 26.6 Å². The molecule has 136 valence electrons. The zero-order chi connectivity index (χ0) is 18.5. The SMILES string of the molecule is Cc1ccc(CN(Cc2ccccn2)Cc2cccn2-c2ccncc2)o1. The van der Waals surface area contributed by atoms with Crippen LogP contribution in [-0.2, 0) is 19.6 Å². The van der Waals surface area contributed by atoms with E-state index in [1.807, 2.05) is 61.9 Å². The minimum Gasteiger partial charge on any atom is -0.465 e. The highest BCUT2D eigenvalue weighted by Gasteiger charge is 2.14. The van der Waals surface area contributed by atoms with E-state index < -0.39 is 0 Å². The van der Waals surface area contributed by atoms with Crippen molar-refractivity contribution in [2.24, 2.45) is 0 Å². The molecule has 0 bridgehead atoms. The van der Waals surface area contributed by atoms with Crippen LogP contribution in [0.1, 0.15) is 22.9 Å². The third-order valence-corrected chi connectivity index (χ3v) is 4.45. The van der Waals surface area contributed by atoms with Crippen LogP contribution in [0.4, 0.5) is 0 Å². The van der Waals surface area contributed by atoms with E-state index in [1.54, 1.807) is 0 Å². The largest absolute Gasteiger partial charge is 0.465 e. The molecule has 0 atom stereocenters. The first-order chi connectivity index (χ1) is 13.3. The van der Waals surface area contributed by atoms with Crippen molar-refractivity contribution in [3.8, 4) is 5.69 Å². The van der Waals surface area contributed by atoms with Crippen LogP contribution in [0.5, 0.6) is 0 Å². The van der Waals surface area contributed by atoms with E-state index in [1.165, 1.54) is 5.69 Å². The van der Waals surface area contributed by atoms with Gasteiger partial charge in [0, 0.05) is 49.3 Å². The summed E-state index contributed by atoms with van der Waals surface area (Å²) in [5.74, 6) is 1.90. The van der Waals surface area contributed by atoms with Gasteiger partial charge in [-0.3, -0.25) is 14.9 Å². The maximum absolute atomic E-state index is 5.81. The van der Waals surface area contributed by atoms with Gasteiger partial charge in [-0.25, -0.2) is 0 Å². The molecule has 0 amide bonds. The second kappa shape index (κ2) is 8.01. The van der Waals surface area contributed by atoms with Crippen molar-refractivity contribution in [2.75, 3.05) is 0 Å². The molecule has 0 aromatic carbocycles. The molecule has 0 unspecified atom stereocenters. The maximum atomic E-state index is 5.81. The highest BCUT2D eigenvalue weighted by atomic mass is 16.3. The van der Waals surface area contributed by atoms with Crippen LogP contribution in [0.15, 0.2) is 83.8 Å². The lowest BCUT2D eigenvalue weighted by atomic mass is 10.2. The van der Waals surface area contributed by atoms with E-state index in [0.717, 1.165) is 42.5 Å². The zero-order valence-electron chi connectivity index (χ0n) is 15.3. The Hall–Kier alpha value is -3.18. The number of rotatable bonds is 7. The van der Waals surface area contributed by atoms with Gasteiger partial charge in [0.25, 0.3) is 0 Å². The van der Waals surface area contributed by atoms with Crippen molar-refractivity contribution in [1.29, 1.82) is 0 Å². The predicted molar refractivity (Wildman–Crippen MR) is 104 cm³/mol. The van der Waals surface area contributed by atoms with Crippen LogP contribution in [0.2, 0.25) is 0 Å². The number of hydrogen-bond acceptors (Lipinski definition) is 4. The first-order valence-corrected chi connectivity index (χ1v) is 9.02. The van der Waals surface area contributed by atoms with Crippen LogP contribution in [0, 0.1) is 6.92 Å². The van der Waals surface area contributed by atoms with Gasteiger partial charge in [-0.1, -0.05) is 6.07 Å². The highest BCUT2D eigenvalue weighted by Crippen LogP contribution is 2.18. The summed E-state index contributed by atoms with van der Waals surface area (Å²) in [6.07, 6.45) is 7.55. The van der Waals surface area contributed by atoms with Gasteiger partial charge >= 0.3 is 0 Å². The Morgan fingerprint density at radius 1 is 0.889 bits per heavy atom. The highest BCUT2D eigenvalue weighted by molar-refractivity contribution is 5.33. The minimum absolute atomic E-state index is 0.728. The molecule has 4 aromatic rings. The summed E-state index contributed by atoms with van der Waals surface area (Å²) in [6.45, 7) is 4.24. The van der Waals surface area contributed by atoms with Crippen LogP contribution >= 0.6 is 0 Å². The molecule has 4 heterocycles. The van der Waals surface area contributed by atoms with E-state index in [0.29, 0.717) is 0 Å². The van der Waals surface area contributed by atoms with Gasteiger partial charge in [-0.05, 0) is 55.5 Å². The van der Waals surface area contributed by atoms with E-state index in [2.05, 4.69) is 43.8 Å². The molecule has 27 heavy (non-hydrogen) atoms. The van der Waals surface area contributed by atoms with Gasteiger partial charge in [0.15, 0.2) is 0 Å². The van der Waals surface area contributed by atoms with Crippen LogP contribution in [-0.4, -0.2) is 19.4 Å². The third kappa shape index (κ3) is 4.33. The molecule has 0 saturated carbocycles. The van der Waals surface area contributed by atoms with Gasteiger partial charge in [0.1, 0.15) is 11.5 Å². The molecule has 0 aliphatic rings. The minimum atomic E-state index is 0.728. The normalized spacial score (nSPS) is 11.2. The lowest BCUT2D eigenvalue weighted by Gasteiger charge is -2.22. The molecule has 0 aliphatic heterocycles. The monoisotopic (exact) mass is 358 g/mol. The smallest absolute Gasteiger partial charge is 0.118 e. The predicted octanol–water partition coefficient (Wildman–Crippen LogP) is 4.37. The van der Waals surface area contributed by atoms with Crippen molar-refractivity contribution < 1.29 is 4.42 Å². The molecule has 4 aromatic heterocycles. The fourth-order valence-corrected chi connectivity index (χ4v) is 3.21. The molecule has 5 heteroatoms. The van der Waals surface area contributed by atoms with E-state index in [9.17, 15) is 0 Å². The summed E-state index contributed by atoms with van der Waals surface area (Å²) < 4.78 is 8.00. The summed E-state index contributed by atoms with van der Waals surface area (Å²) in [5, 5.41) is 0. The van der Waals surface area contributed by atoms with Crippen molar-refractivity contribution in [3.05, 3.63) is 102 Å². The van der Waals surface area contributed by atoms with Crippen molar-refractivity contribution in [3.63, 3.8) is 0 Å². The number of nitrogens with zero attached hydrogens (tertiary/aromatic N) is 4. The second-order valence-electron chi connectivity index (χ2n) is 6.55. The Morgan fingerprint density at radius 3 is 2.52 bits per heavy atom. The lowest BCUT2D eigenvalue weighted by Crippen LogP contribution is -2.24. The first kappa shape index (κ1) is 17.2. The van der Waals surface area contributed by atoms with E-state index >= 15 is 0 Å². The summed E-state index contributed by atoms with van der Waals surface area (Å²) in [7, 11) is 0. The fraction of sp³-hybridized carbons (Fsp3) is 0.182. The summed E-state index contributed by atoms with van der Waals surface area (Å²) in [5.41, 5.74) is 3.36. The zero-order valence-corrected chi connectivity index (χ0v) is 15.3. The Morgan fingerprint density at radius 2 is 1.78 bits per heavy atom. The topological polar surface area (TPSA) is 47.1 Å². The molecule has 0 fully saturated rings. The Labute approximate surface area is 158 Å². The van der Waals surface area contributed by atoms with Crippen LogP contribution in [0.3, 0.4) is 0 Å². The molecular weight excluding hydrogens is 336 g/mol. The van der Waals surface area contributed by atoms with Crippen molar-refractivity contribution >= 4 is 0 Å². The molecule has 0 aliphatic carbocycles. The van der Waals surface area contributed by atoms with Gasteiger partial charge in [0.05, 0.1) is 12.2 Å². The molecule has 0 spiro atoms. The number of aromatic nitrogens is 3. The third-order valence-electron chi connectivity index (χ3n) is 4.45. The Balaban J connectivity index is 1.58. The Kier molecular flexibility index (Phi) is 5.12. The first-order valence-electron chi connectivity index (χ1n) is 9.02. The molecule has 0 N–H and O–H groups in total. The number of aryl methyl sites for hydroxylation is 1. The lowest BCUT2D eigenvalue weighted by molar-refractivity contribution is 0.219. The number of furan rings is 1. The quantitative estimate of drug-likeness (QED) is 0.492. The maximum Gasteiger partial charge on any atom is 0.118 e. The summed E-state index contributed by atoms with van der Waals surface area (Å²) >= 11 is 0. The average Bonchev–Trinajstić information content (AvgIpc) is 3.32. The molecular formula is C22H22N4O. The van der Waals surface area contributed by atoms with Gasteiger partial charge < -0.3 is 8.98 Å². The van der Waals surface area contributed by atoms with E-state index in [-0.39, 0.29) is 0 Å². The molecule has 5 nitrogen and oxygen atoms in total. The van der Waals surface area contributed by atoms with Crippen LogP contribution < -0.4 is 0 Å². The van der Waals surface area contributed by atoms with Gasteiger partial charge in [-0.2, -0.15) is 0 Å². The Bertz CT molecular complexity index is 976. The summed E-state index contributed by atoms with van der Waals surface area (Å²) in [6, 6.07) is 18.3. The standard InChI is InChI=1S/C22H22N4O/c1-18-7-8-22(27-18)17-25(15-19-5-2-3-11-24-19)16-21-6-4-14-26(21)20-9-12-23-13-10-20/h2-14H,15-17H2,1H3. The molecule has 0 saturated heterocycles. The van der Waals surface area contributed by atoms with Crippen LogP contribution in [0.25, 0.3) is 5.69 Å². The molecule has 0 radical (unpaired) electrons. The second-order valence-corrected chi connectivity index (χ2v) is 6.55. The van der Waals surface area contributed by atoms with E-state index in [4.69, 9.17) is 4.42 Å². The van der Waals surface area contributed by atoms with Gasteiger partial charge in [0.2, 0.25) is 0 Å². The number of hydrogen-bond donors (Lipinski definition) is 0. The summed E-state index contributed by atoms with van der Waals surface area (Å²) in [4.78, 5) is 10.9. The average molecular weight is 358 g/mol. The number of pyridine rings is 2. The molecule has 4 rings (SSSR count). The van der Waals surface area contributed by atoms with Gasteiger partial charge in [-0.15, -0.1) is 0 Å². The van der Waals surface area contributed by atoms with Crippen molar-refractivity contribution in [1.82, 2.24) is 19.4 Å².